The Morgan fingerprint density at radius 3 is 2.83 bits per heavy atom. The van der Waals surface area contributed by atoms with Gasteiger partial charge in [-0.1, -0.05) is 12.1 Å². The first-order chi connectivity index (χ1) is 8.22. The Labute approximate surface area is 119 Å². The molecule has 5 heteroatoms. The lowest BCUT2D eigenvalue weighted by Crippen LogP contribution is -2.45. The summed E-state index contributed by atoms with van der Waals surface area (Å²) in [5.41, 5.74) is 6.71. The normalized spacial score (nSPS) is 19.2. The highest BCUT2D eigenvalue weighted by molar-refractivity contribution is 7.98. The number of halogens is 1. The highest BCUT2D eigenvalue weighted by Crippen LogP contribution is 2.22. The van der Waals surface area contributed by atoms with Gasteiger partial charge in [-0.3, -0.25) is 4.79 Å². The molecule has 0 aliphatic carbocycles. The van der Waals surface area contributed by atoms with Crippen LogP contribution in [0.4, 0.5) is 0 Å². The number of hydrogen-bond donors (Lipinski definition) is 1. The maximum Gasteiger partial charge on any atom is 0.255 e. The van der Waals surface area contributed by atoms with Gasteiger partial charge < -0.3 is 10.6 Å². The molecule has 1 aliphatic heterocycles. The summed E-state index contributed by atoms with van der Waals surface area (Å²) in [5.74, 6) is 0.116. The molecule has 1 heterocycles. The van der Waals surface area contributed by atoms with Crippen LogP contribution in [0.25, 0.3) is 0 Å². The van der Waals surface area contributed by atoms with Crippen LogP contribution < -0.4 is 5.73 Å². The number of thioether (sulfide) groups is 1. The van der Waals surface area contributed by atoms with Gasteiger partial charge in [0.25, 0.3) is 5.91 Å². The van der Waals surface area contributed by atoms with Crippen molar-refractivity contribution in [1.82, 2.24) is 4.90 Å². The molecule has 100 valence electrons. The summed E-state index contributed by atoms with van der Waals surface area (Å²) < 4.78 is 0. The van der Waals surface area contributed by atoms with Gasteiger partial charge in [0, 0.05) is 24.0 Å². The number of nitrogens with zero attached hydrogens (tertiary/aromatic N) is 1. The van der Waals surface area contributed by atoms with Crippen molar-refractivity contribution in [3.63, 3.8) is 0 Å². The van der Waals surface area contributed by atoms with Crippen molar-refractivity contribution in [2.75, 3.05) is 19.3 Å². The zero-order valence-electron chi connectivity index (χ0n) is 10.5. The van der Waals surface area contributed by atoms with E-state index in [9.17, 15) is 4.79 Å². The molecule has 1 fully saturated rings. The Morgan fingerprint density at radius 1 is 1.44 bits per heavy atom. The lowest BCUT2D eigenvalue weighted by molar-refractivity contribution is 0.0705. The standard InChI is InChI=1S/C13H18N2OS.ClH/c1-17-12-7-3-2-6-11(12)13(16)15-8-4-5-10(14)9-15;/h2-3,6-7,10H,4-5,8-9,14H2,1H3;1H. The Morgan fingerprint density at radius 2 is 2.17 bits per heavy atom. The summed E-state index contributed by atoms with van der Waals surface area (Å²) in [6.07, 6.45) is 4.02. The predicted molar refractivity (Wildman–Crippen MR) is 78.6 cm³/mol. The SMILES string of the molecule is CSc1ccccc1C(=O)N1CCCC(N)C1.Cl. The Bertz CT molecular complexity index is 414. The second-order valence-corrected chi connectivity index (χ2v) is 5.20. The summed E-state index contributed by atoms with van der Waals surface area (Å²) in [6, 6.07) is 7.89. The number of nitrogens with two attached hydrogens (primary N) is 1. The molecule has 0 aromatic heterocycles. The van der Waals surface area contributed by atoms with Crippen LogP contribution in [0.2, 0.25) is 0 Å². The maximum atomic E-state index is 12.4. The molecule has 0 spiro atoms. The molecule has 1 unspecified atom stereocenters. The number of carbonyl (C=O) groups excluding carboxylic acids is 1. The van der Waals surface area contributed by atoms with Crippen LogP contribution in [0.3, 0.4) is 0 Å². The van der Waals surface area contributed by atoms with Gasteiger partial charge in [-0.25, -0.2) is 0 Å². The van der Waals surface area contributed by atoms with Gasteiger partial charge in [-0.15, -0.1) is 24.2 Å². The van der Waals surface area contributed by atoms with Gasteiger partial charge in [0.05, 0.1) is 5.56 Å². The van der Waals surface area contributed by atoms with Gasteiger partial charge in [0.15, 0.2) is 0 Å². The zero-order chi connectivity index (χ0) is 12.3. The largest absolute Gasteiger partial charge is 0.337 e. The molecule has 1 atom stereocenters. The van der Waals surface area contributed by atoms with E-state index in [1.165, 1.54) is 0 Å². The molecule has 2 rings (SSSR count). The fourth-order valence-electron chi connectivity index (χ4n) is 2.19. The summed E-state index contributed by atoms with van der Waals surface area (Å²) in [7, 11) is 0. The number of amides is 1. The van der Waals surface area contributed by atoms with Gasteiger partial charge in [-0.05, 0) is 31.2 Å². The molecular weight excluding hydrogens is 268 g/mol. The van der Waals surface area contributed by atoms with Crippen LogP contribution in [0.15, 0.2) is 29.2 Å². The smallest absolute Gasteiger partial charge is 0.255 e. The minimum atomic E-state index is 0. The van der Waals surface area contributed by atoms with Crippen LogP contribution in [-0.4, -0.2) is 36.2 Å². The molecule has 1 amide bonds. The summed E-state index contributed by atoms with van der Waals surface area (Å²) in [4.78, 5) is 15.3. The van der Waals surface area contributed by atoms with E-state index in [0.717, 1.165) is 29.8 Å². The van der Waals surface area contributed by atoms with Crippen LogP contribution in [0.1, 0.15) is 23.2 Å². The molecule has 1 aromatic carbocycles. The van der Waals surface area contributed by atoms with Crippen molar-refractivity contribution in [3.8, 4) is 0 Å². The number of benzene rings is 1. The van der Waals surface area contributed by atoms with E-state index in [0.29, 0.717) is 6.54 Å². The molecule has 1 saturated heterocycles. The molecular formula is C13H19ClN2OS. The van der Waals surface area contributed by atoms with E-state index in [1.807, 2.05) is 35.4 Å². The lowest BCUT2D eigenvalue weighted by atomic mass is 10.1. The fraction of sp³-hybridized carbons (Fsp3) is 0.462. The van der Waals surface area contributed by atoms with E-state index in [1.54, 1.807) is 11.8 Å². The van der Waals surface area contributed by atoms with Crippen LogP contribution in [0.5, 0.6) is 0 Å². The first-order valence-corrected chi connectivity index (χ1v) is 7.12. The molecule has 0 bridgehead atoms. The summed E-state index contributed by atoms with van der Waals surface area (Å²) in [6.45, 7) is 1.51. The topological polar surface area (TPSA) is 46.3 Å². The van der Waals surface area contributed by atoms with Crippen molar-refractivity contribution in [3.05, 3.63) is 29.8 Å². The molecule has 0 saturated carbocycles. The van der Waals surface area contributed by atoms with Crippen molar-refractivity contribution in [2.24, 2.45) is 5.73 Å². The van der Waals surface area contributed by atoms with Crippen LogP contribution in [-0.2, 0) is 0 Å². The third-order valence-corrected chi connectivity index (χ3v) is 3.88. The van der Waals surface area contributed by atoms with E-state index >= 15 is 0 Å². The first kappa shape index (κ1) is 15.3. The number of rotatable bonds is 2. The Balaban J connectivity index is 0.00000162. The van der Waals surface area contributed by atoms with Gasteiger partial charge >= 0.3 is 0 Å². The van der Waals surface area contributed by atoms with E-state index in [2.05, 4.69) is 0 Å². The first-order valence-electron chi connectivity index (χ1n) is 5.90. The van der Waals surface area contributed by atoms with Gasteiger partial charge in [0.2, 0.25) is 0 Å². The number of hydrogen-bond acceptors (Lipinski definition) is 3. The monoisotopic (exact) mass is 286 g/mol. The lowest BCUT2D eigenvalue weighted by Gasteiger charge is -2.31. The minimum Gasteiger partial charge on any atom is -0.337 e. The molecule has 0 radical (unpaired) electrons. The fourth-order valence-corrected chi connectivity index (χ4v) is 2.78. The Hall–Kier alpha value is -0.710. The van der Waals surface area contributed by atoms with Crippen molar-refractivity contribution in [1.29, 1.82) is 0 Å². The van der Waals surface area contributed by atoms with Crippen LogP contribution >= 0.6 is 24.2 Å². The average Bonchev–Trinajstić information content (AvgIpc) is 2.38. The van der Waals surface area contributed by atoms with Gasteiger partial charge in [-0.2, -0.15) is 0 Å². The number of carbonyl (C=O) groups is 1. The van der Waals surface area contributed by atoms with E-state index < -0.39 is 0 Å². The molecule has 1 aromatic rings. The van der Waals surface area contributed by atoms with E-state index in [-0.39, 0.29) is 24.4 Å². The van der Waals surface area contributed by atoms with Crippen molar-refractivity contribution >= 4 is 30.1 Å². The third kappa shape index (κ3) is 3.40. The Kier molecular flexibility index (Phi) is 5.99. The second kappa shape index (κ2) is 7.02. The molecule has 2 N–H and O–H groups in total. The van der Waals surface area contributed by atoms with Crippen molar-refractivity contribution in [2.45, 2.75) is 23.8 Å². The highest BCUT2D eigenvalue weighted by Gasteiger charge is 2.23. The summed E-state index contributed by atoms with van der Waals surface area (Å²) in [5, 5.41) is 0. The van der Waals surface area contributed by atoms with Crippen LogP contribution in [0, 0.1) is 0 Å². The van der Waals surface area contributed by atoms with E-state index in [4.69, 9.17) is 5.73 Å². The third-order valence-electron chi connectivity index (χ3n) is 3.08. The second-order valence-electron chi connectivity index (χ2n) is 4.35. The molecule has 1 aliphatic rings. The zero-order valence-corrected chi connectivity index (χ0v) is 12.1. The van der Waals surface area contributed by atoms with Crippen molar-refractivity contribution < 1.29 is 4.79 Å². The highest BCUT2D eigenvalue weighted by atomic mass is 35.5. The number of piperidine rings is 1. The molecule has 18 heavy (non-hydrogen) atoms. The predicted octanol–water partition coefficient (Wildman–Crippen LogP) is 2.39. The minimum absolute atomic E-state index is 0. The summed E-state index contributed by atoms with van der Waals surface area (Å²) >= 11 is 1.61. The quantitative estimate of drug-likeness (QED) is 0.849. The van der Waals surface area contributed by atoms with Gasteiger partial charge in [0.1, 0.15) is 0 Å². The maximum absolute atomic E-state index is 12.4. The number of likely N-dealkylation sites (tertiary alicyclic amines) is 1. The average molecular weight is 287 g/mol. The molecule has 3 nitrogen and oxygen atoms in total.